The van der Waals surface area contributed by atoms with E-state index in [-0.39, 0.29) is 24.5 Å². The third kappa shape index (κ3) is 4.95. The molecule has 0 saturated carbocycles. The number of benzene rings is 1. The van der Waals surface area contributed by atoms with Crippen molar-refractivity contribution in [3.8, 4) is 11.1 Å². The van der Waals surface area contributed by atoms with E-state index in [0.717, 1.165) is 40.6 Å². The second kappa shape index (κ2) is 9.17. The molecule has 0 spiro atoms. The van der Waals surface area contributed by atoms with Gasteiger partial charge in [0.25, 0.3) is 0 Å². The molecule has 0 unspecified atom stereocenters. The predicted molar refractivity (Wildman–Crippen MR) is 120 cm³/mol. The first-order valence-electron chi connectivity index (χ1n) is 10.1. The number of nitrogens with one attached hydrogen (secondary N) is 3. The lowest BCUT2D eigenvalue weighted by Crippen LogP contribution is -2.28. The highest BCUT2D eigenvalue weighted by Gasteiger charge is 2.24. The first-order chi connectivity index (χ1) is 14.3. The number of rotatable bonds is 5. The Morgan fingerprint density at radius 2 is 2.03 bits per heavy atom. The van der Waals surface area contributed by atoms with Gasteiger partial charge in [0, 0.05) is 36.7 Å². The van der Waals surface area contributed by atoms with E-state index in [0.29, 0.717) is 24.9 Å². The Hall–Kier alpha value is -2.75. The lowest BCUT2D eigenvalue weighted by molar-refractivity contribution is 0.0687. The molecule has 3 aromatic rings. The predicted octanol–water partition coefficient (Wildman–Crippen LogP) is 3.66. The van der Waals surface area contributed by atoms with Crippen LogP contribution >= 0.6 is 12.4 Å². The maximum absolute atomic E-state index is 11.9. The summed E-state index contributed by atoms with van der Waals surface area (Å²) in [6.45, 7) is 6.40. The number of anilines is 1. The van der Waals surface area contributed by atoms with Crippen LogP contribution in [0.5, 0.6) is 0 Å². The van der Waals surface area contributed by atoms with Crippen molar-refractivity contribution in [3.05, 3.63) is 35.9 Å². The van der Waals surface area contributed by atoms with Crippen molar-refractivity contribution in [2.24, 2.45) is 0 Å². The number of ether oxygens (including phenoxy) is 1. The number of aliphatic hydroxyl groups is 1. The fraction of sp³-hybridized carbons (Fsp3) is 0.429. The van der Waals surface area contributed by atoms with Crippen LogP contribution < -0.4 is 10.6 Å². The van der Waals surface area contributed by atoms with E-state index >= 15 is 0 Å². The van der Waals surface area contributed by atoms with E-state index in [2.05, 4.69) is 30.6 Å². The van der Waals surface area contributed by atoms with Gasteiger partial charge in [-0.3, -0.25) is 5.32 Å². The quantitative estimate of drug-likeness (QED) is 0.474. The number of H-pyrrole nitrogens is 1. The lowest BCUT2D eigenvalue weighted by Gasteiger charge is -2.16. The van der Waals surface area contributed by atoms with E-state index in [9.17, 15) is 9.90 Å². The summed E-state index contributed by atoms with van der Waals surface area (Å²) in [6, 6.07) is 3.68. The third-order valence-corrected chi connectivity index (χ3v) is 4.99. The van der Waals surface area contributed by atoms with Gasteiger partial charge in [-0.25, -0.2) is 19.7 Å². The molecule has 1 aliphatic rings. The molecular weight excluding hydrogens is 420 g/mol. The van der Waals surface area contributed by atoms with Crippen LogP contribution in [0.25, 0.3) is 22.2 Å². The molecule has 1 aliphatic heterocycles. The van der Waals surface area contributed by atoms with E-state index in [1.807, 2.05) is 19.1 Å². The van der Waals surface area contributed by atoms with Gasteiger partial charge in [0.2, 0.25) is 5.95 Å². The maximum Gasteiger partial charge on any atom is 0.321 e. The molecule has 0 aliphatic carbocycles. The molecule has 9 nitrogen and oxygen atoms in total. The van der Waals surface area contributed by atoms with E-state index in [4.69, 9.17) is 4.74 Å². The van der Waals surface area contributed by atoms with Crippen LogP contribution in [0.3, 0.4) is 0 Å². The number of aromatic nitrogens is 4. The normalized spacial score (nSPS) is 16.2. The van der Waals surface area contributed by atoms with Crippen molar-refractivity contribution in [1.82, 2.24) is 25.3 Å². The van der Waals surface area contributed by atoms with Crippen LogP contribution in [-0.4, -0.2) is 44.2 Å². The summed E-state index contributed by atoms with van der Waals surface area (Å²) in [6.07, 6.45) is 5.26. The summed E-state index contributed by atoms with van der Waals surface area (Å²) in [5.74, 6) is 0.739. The maximum atomic E-state index is 11.9. The summed E-state index contributed by atoms with van der Waals surface area (Å²) >= 11 is 0. The number of fused-ring (bicyclic) bond motifs is 1. The van der Waals surface area contributed by atoms with Gasteiger partial charge in [-0.05, 0) is 51.3 Å². The first-order valence-corrected chi connectivity index (χ1v) is 10.1. The van der Waals surface area contributed by atoms with Crippen molar-refractivity contribution in [3.63, 3.8) is 0 Å². The molecule has 1 fully saturated rings. The number of amides is 2. The van der Waals surface area contributed by atoms with Crippen LogP contribution in [-0.2, 0) is 10.3 Å². The Labute approximate surface area is 186 Å². The second-order valence-electron chi connectivity index (χ2n) is 7.89. The number of carbonyl (C=O) groups is 1. The minimum Gasteiger partial charge on any atom is -0.382 e. The van der Waals surface area contributed by atoms with Crippen molar-refractivity contribution in [2.45, 2.75) is 45.3 Å². The fourth-order valence-corrected chi connectivity index (χ4v) is 3.54. The van der Waals surface area contributed by atoms with Crippen molar-refractivity contribution in [1.29, 1.82) is 0 Å². The minimum absolute atomic E-state index is 0. The molecular formula is C21H27ClN6O3. The Morgan fingerprint density at radius 1 is 1.29 bits per heavy atom. The van der Waals surface area contributed by atoms with Crippen LogP contribution in [0.2, 0.25) is 0 Å². The summed E-state index contributed by atoms with van der Waals surface area (Å²) in [4.78, 5) is 28.3. The molecule has 1 atom stereocenters. The SMILES string of the molecule is CCNC(=O)Nc1nc2c([C@H]3CCCO3)cc(-c3cnc(C(C)(C)O)nc3)cc2[nH]1.Cl. The Kier molecular flexibility index (Phi) is 6.78. The molecule has 4 rings (SSSR count). The van der Waals surface area contributed by atoms with Gasteiger partial charge in [-0.1, -0.05) is 0 Å². The molecule has 0 radical (unpaired) electrons. The molecule has 1 aromatic carbocycles. The number of nitrogens with zero attached hydrogens (tertiary/aromatic N) is 3. The summed E-state index contributed by atoms with van der Waals surface area (Å²) in [7, 11) is 0. The molecule has 1 saturated heterocycles. The molecule has 0 bridgehead atoms. The van der Waals surface area contributed by atoms with Gasteiger partial charge >= 0.3 is 6.03 Å². The average Bonchev–Trinajstić information content (AvgIpc) is 3.36. The van der Waals surface area contributed by atoms with E-state index < -0.39 is 5.60 Å². The lowest BCUT2D eigenvalue weighted by atomic mass is 9.99. The molecule has 2 amide bonds. The second-order valence-corrected chi connectivity index (χ2v) is 7.89. The Balaban J connectivity index is 0.00000272. The number of imidazole rings is 1. The zero-order valence-electron chi connectivity index (χ0n) is 17.7. The summed E-state index contributed by atoms with van der Waals surface area (Å²) in [5.41, 5.74) is 3.14. The summed E-state index contributed by atoms with van der Waals surface area (Å²) in [5, 5.41) is 15.5. The van der Waals surface area contributed by atoms with Crippen LogP contribution in [0.1, 0.15) is 51.1 Å². The van der Waals surface area contributed by atoms with Gasteiger partial charge in [0.05, 0.1) is 17.1 Å². The van der Waals surface area contributed by atoms with Gasteiger partial charge in [-0.2, -0.15) is 0 Å². The number of aromatic amines is 1. The minimum atomic E-state index is -1.10. The zero-order chi connectivity index (χ0) is 21.3. The van der Waals surface area contributed by atoms with Gasteiger partial charge in [0.1, 0.15) is 5.60 Å². The number of halogens is 1. The zero-order valence-corrected chi connectivity index (χ0v) is 18.5. The van der Waals surface area contributed by atoms with Crippen LogP contribution in [0.4, 0.5) is 10.7 Å². The molecule has 166 valence electrons. The summed E-state index contributed by atoms with van der Waals surface area (Å²) < 4.78 is 5.91. The fourth-order valence-electron chi connectivity index (χ4n) is 3.54. The van der Waals surface area contributed by atoms with Gasteiger partial charge < -0.3 is 20.1 Å². The Bertz CT molecular complexity index is 1060. The van der Waals surface area contributed by atoms with E-state index in [1.165, 1.54) is 0 Å². The molecule has 4 N–H and O–H groups in total. The molecule has 10 heteroatoms. The number of hydrogen-bond donors (Lipinski definition) is 4. The first kappa shape index (κ1) is 22.9. The number of urea groups is 1. The van der Waals surface area contributed by atoms with E-state index in [1.54, 1.807) is 26.2 Å². The third-order valence-electron chi connectivity index (χ3n) is 4.99. The van der Waals surface area contributed by atoms with Crippen LogP contribution in [0.15, 0.2) is 24.5 Å². The average molecular weight is 447 g/mol. The van der Waals surface area contributed by atoms with Crippen molar-refractivity contribution >= 4 is 35.4 Å². The Morgan fingerprint density at radius 3 is 2.65 bits per heavy atom. The van der Waals surface area contributed by atoms with Crippen molar-refractivity contribution < 1.29 is 14.6 Å². The highest BCUT2D eigenvalue weighted by Crippen LogP contribution is 2.36. The van der Waals surface area contributed by atoms with Gasteiger partial charge in [-0.15, -0.1) is 12.4 Å². The van der Waals surface area contributed by atoms with Crippen LogP contribution in [0, 0.1) is 0 Å². The highest BCUT2D eigenvalue weighted by atomic mass is 35.5. The monoisotopic (exact) mass is 446 g/mol. The topological polar surface area (TPSA) is 125 Å². The molecule has 31 heavy (non-hydrogen) atoms. The number of carbonyl (C=O) groups excluding carboxylic acids is 1. The smallest absolute Gasteiger partial charge is 0.321 e. The molecule has 2 aromatic heterocycles. The van der Waals surface area contributed by atoms with Gasteiger partial charge in [0.15, 0.2) is 5.82 Å². The standard InChI is InChI=1S/C21H26N6O3.ClH/c1-4-22-20(28)27-19-25-15-9-12(13-10-23-18(24-11-13)21(2,3)29)8-14(17(15)26-19)16-6-5-7-30-16;/h8-11,16,29H,4-7H2,1-3H3,(H3,22,25,26,27,28);1H/t16-;/m1./s1. The molecule has 3 heterocycles. The largest absolute Gasteiger partial charge is 0.382 e. The van der Waals surface area contributed by atoms with Crippen molar-refractivity contribution in [2.75, 3.05) is 18.5 Å². The number of hydrogen-bond acceptors (Lipinski definition) is 6. The highest BCUT2D eigenvalue weighted by molar-refractivity contribution is 5.92.